The lowest BCUT2D eigenvalue weighted by Crippen LogP contribution is -1.97. The van der Waals surface area contributed by atoms with E-state index in [0.717, 1.165) is 25.4 Å². The number of methoxy groups -OCH3 is 1. The zero-order valence-electron chi connectivity index (χ0n) is 14.3. The third kappa shape index (κ3) is 9.83. The maximum absolute atomic E-state index is 5.65. The Morgan fingerprint density at radius 2 is 1.36 bits per heavy atom. The van der Waals surface area contributed by atoms with E-state index >= 15 is 0 Å². The summed E-state index contributed by atoms with van der Waals surface area (Å²) in [5.74, 6) is 0.940. The maximum Gasteiger partial charge on any atom is 0.118 e. The van der Waals surface area contributed by atoms with E-state index in [9.17, 15) is 0 Å². The summed E-state index contributed by atoms with van der Waals surface area (Å²) in [7, 11) is 1.71. The summed E-state index contributed by atoms with van der Waals surface area (Å²) in [5.41, 5.74) is 1.41. The molecule has 22 heavy (non-hydrogen) atoms. The highest BCUT2D eigenvalue weighted by atomic mass is 16.5. The number of benzene rings is 1. The fourth-order valence-electron chi connectivity index (χ4n) is 2.52. The quantitative estimate of drug-likeness (QED) is 0.417. The zero-order chi connectivity index (χ0) is 15.9. The number of hydrogen-bond acceptors (Lipinski definition) is 2. The van der Waals surface area contributed by atoms with Gasteiger partial charge >= 0.3 is 0 Å². The van der Waals surface area contributed by atoms with Crippen molar-refractivity contribution in [3.05, 3.63) is 36.8 Å². The van der Waals surface area contributed by atoms with Crippen LogP contribution in [-0.4, -0.2) is 20.3 Å². The van der Waals surface area contributed by atoms with Crippen molar-refractivity contribution in [3.8, 4) is 5.75 Å². The minimum atomic E-state index is 0.928. The van der Waals surface area contributed by atoms with Crippen molar-refractivity contribution in [2.75, 3.05) is 20.3 Å². The van der Waals surface area contributed by atoms with Gasteiger partial charge in [-0.15, -0.1) is 0 Å². The van der Waals surface area contributed by atoms with Gasteiger partial charge in [0, 0.05) is 13.2 Å². The van der Waals surface area contributed by atoms with Crippen molar-refractivity contribution in [2.24, 2.45) is 0 Å². The van der Waals surface area contributed by atoms with Crippen molar-refractivity contribution in [3.63, 3.8) is 0 Å². The average Bonchev–Trinajstić information content (AvgIpc) is 2.56. The summed E-state index contributed by atoms with van der Waals surface area (Å²) in [4.78, 5) is 0. The van der Waals surface area contributed by atoms with Crippen LogP contribution >= 0.6 is 0 Å². The molecule has 1 aromatic carbocycles. The van der Waals surface area contributed by atoms with Gasteiger partial charge in [0.25, 0.3) is 0 Å². The van der Waals surface area contributed by atoms with Gasteiger partial charge in [0.15, 0.2) is 0 Å². The van der Waals surface area contributed by atoms with E-state index in [0.29, 0.717) is 0 Å². The highest BCUT2D eigenvalue weighted by Crippen LogP contribution is 2.14. The molecule has 0 unspecified atom stereocenters. The summed E-state index contributed by atoms with van der Waals surface area (Å²) < 4.78 is 10.8. The molecule has 0 aromatic heterocycles. The van der Waals surface area contributed by atoms with Crippen LogP contribution in [0.4, 0.5) is 0 Å². The molecule has 0 aliphatic heterocycles. The molecule has 0 saturated heterocycles. The zero-order valence-corrected chi connectivity index (χ0v) is 14.3. The Morgan fingerprint density at radius 3 is 2.00 bits per heavy atom. The van der Waals surface area contributed by atoms with Crippen LogP contribution in [0.5, 0.6) is 5.75 Å². The van der Waals surface area contributed by atoms with E-state index in [-0.39, 0.29) is 0 Å². The number of unbranched alkanes of at least 4 members (excludes halogenated alkanes) is 7. The first kappa shape index (κ1) is 19.0. The van der Waals surface area contributed by atoms with E-state index in [2.05, 4.69) is 19.1 Å². The molecule has 2 nitrogen and oxygen atoms in total. The lowest BCUT2D eigenvalue weighted by Gasteiger charge is -2.05. The summed E-state index contributed by atoms with van der Waals surface area (Å²) in [5, 5.41) is 0. The van der Waals surface area contributed by atoms with Crippen molar-refractivity contribution in [2.45, 2.75) is 64.2 Å². The van der Waals surface area contributed by atoms with Gasteiger partial charge in [-0.05, 0) is 43.4 Å². The Bertz CT molecular complexity index is 345. The minimum absolute atomic E-state index is 0.928. The van der Waals surface area contributed by atoms with Gasteiger partial charge in [0.2, 0.25) is 0 Å². The molecule has 0 atom stereocenters. The molecule has 0 aliphatic rings. The number of rotatable bonds is 14. The first-order valence-corrected chi connectivity index (χ1v) is 8.86. The normalized spacial score (nSPS) is 10.8. The van der Waals surface area contributed by atoms with Crippen LogP contribution in [0.2, 0.25) is 0 Å². The Labute approximate surface area is 137 Å². The molecular formula is C20H33O2. The highest BCUT2D eigenvalue weighted by Gasteiger charge is 1.96. The molecule has 1 aromatic rings. The van der Waals surface area contributed by atoms with Gasteiger partial charge in [-0.25, -0.2) is 0 Å². The fourth-order valence-corrected chi connectivity index (χ4v) is 2.52. The van der Waals surface area contributed by atoms with Crippen LogP contribution < -0.4 is 4.74 Å². The molecule has 0 bridgehead atoms. The third-order valence-corrected chi connectivity index (χ3v) is 3.95. The van der Waals surface area contributed by atoms with E-state index in [1.54, 1.807) is 7.11 Å². The van der Waals surface area contributed by atoms with Crippen molar-refractivity contribution in [1.29, 1.82) is 0 Å². The molecule has 0 N–H and O–H groups in total. The second-order valence-corrected chi connectivity index (χ2v) is 5.89. The molecule has 0 spiro atoms. The van der Waals surface area contributed by atoms with Crippen molar-refractivity contribution < 1.29 is 9.47 Å². The molecular weight excluding hydrogens is 272 g/mol. The second kappa shape index (κ2) is 13.6. The number of aryl methyl sites for hydroxylation is 1. The Kier molecular flexibility index (Phi) is 11.8. The van der Waals surface area contributed by atoms with Crippen LogP contribution in [0, 0.1) is 6.92 Å². The van der Waals surface area contributed by atoms with Crippen molar-refractivity contribution >= 4 is 0 Å². The SMILES string of the molecule is [CH2]CCCCCOCCCCCCCc1ccc(OC)cc1. The Hall–Kier alpha value is -1.02. The average molecular weight is 305 g/mol. The van der Waals surface area contributed by atoms with E-state index in [1.807, 2.05) is 12.1 Å². The minimum Gasteiger partial charge on any atom is -0.497 e. The lowest BCUT2D eigenvalue weighted by atomic mass is 10.1. The van der Waals surface area contributed by atoms with Crippen LogP contribution in [0.1, 0.15) is 63.4 Å². The van der Waals surface area contributed by atoms with Crippen molar-refractivity contribution in [1.82, 2.24) is 0 Å². The van der Waals surface area contributed by atoms with Gasteiger partial charge in [-0.3, -0.25) is 0 Å². The third-order valence-electron chi connectivity index (χ3n) is 3.95. The standard InChI is InChI=1S/C20H33O2/c1-3-4-5-10-17-22-18-11-8-6-7-9-12-19-13-15-20(21-2)16-14-19/h13-16H,1,3-12,17-18H2,2H3. The highest BCUT2D eigenvalue weighted by molar-refractivity contribution is 5.27. The largest absolute Gasteiger partial charge is 0.497 e. The summed E-state index contributed by atoms with van der Waals surface area (Å²) >= 11 is 0. The van der Waals surface area contributed by atoms with E-state index < -0.39 is 0 Å². The number of ether oxygens (including phenoxy) is 2. The maximum atomic E-state index is 5.65. The molecule has 0 aliphatic carbocycles. The fraction of sp³-hybridized carbons (Fsp3) is 0.650. The molecule has 1 radical (unpaired) electrons. The van der Waals surface area contributed by atoms with Crippen LogP contribution in [0.3, 0.4) is 0 Å². The number of hydrogen-bond donors (Lipinski definition) is 0. The second-order valence-electron chi connectivity index (χ2n) is 5.89. The lowest BCUT2D eigenvalue weighted by molar-refractivity contribution is 0.126. The van der Waals surface area contributed by atoms with Crippen LogP contribution in [0.25, 0.3) is 0 Å². The monoisotopic (exact) mass is 305 g/mol. The van der Waals surface area contributed by atoms with Crippen LogP contribution in [-0.2, 0) is 11.2 Å². The summed E-state index contributed by atoms with van der Waals surface area (Å²) in [6.07, 6.45) is 12.3. The molecule has 0 heterocycles. The molecule has 1 rings (SSSR count). The van der Waals surface area contributed by atoms with Gasteiger partial charge in [-0.2, -0.15) is 0 Å². The first-order valence-electron chi connectivity index (χ1n) is 8.86. The Morgan fingerprint density at radius 1 is 0.773 bits per heavy atom. The Balaban J connectivity index is 1.85. The van der Waals surface area contributed by atoms with Gasteiger partial charge in [0.1, 0.15) is 5.75 Å². The van der Waals surface area contributed by atoms with Gasteiger partial charge in [0.05, 0.1) is 7.11 Å². The molecule has 0 amide bonds. The first-order chi connectivity index (χ1) is 10.9. The molecule has 0 saturated carbocycles. The van der Waals surface area contributed by atoms with Gasteiger partial charge < -0.3 is 9.47 Å². The molecule has 2 heteroatoms. The molecule has 0 fully saturated rings. The summed E-state index contributed by atoms with van der Waals surface area (Å²) in [6.45, 7) is 5.71. The summed E-state index contributed by atoms with van der Waals surface area (Å²) in [6, 6.07) is 8.43. The predicted octanol–water partition coefficient (Wildman–Crippen LogP) is 5.60. The topological polar surface area (TPSA) is 18.5 Å². The van der Waals surface area contributed by atoms with Gasteiger partial charge in [-0.1, -0.05) is 57.6 Å². The van der Waals surface area contributed by atoms with E-state index in [1.165, 1.54) is 63.4 Å². The van der Waals surface area contributed by atoms with Crippen LogP contribution in [0.15, 0.2) is 24.3 Å². The van der Waals surface area contributed by atoms with E-state index in [4.69, 9.17) is 9.47 Å². The predicted molar refractivity (Wildman–Crippen MR) is 94.4 cm³/mol. The molecule has 125 valence electrons. The smallest absolute Gasteiger partial charge is 0.118 e.